The van der Waals surface area contributed by atoms with Crippen LogP contribution < -0.4 is 5.32 Å². The van der Waals surface area contributed by atoms with Gasteiger partial charge in [-0.05, 0) is 37.8 Å². The molecule has 0 heterocycles. The maximum Gasteiger partial charge on any atom is 0.0917 e. The van der Waals surface area contributed by atoms with Crippen LogP contribution in [0.3, 0.4) is 0 Å². The fraction of sp³-hybridized carbons (Fsp3) is 0.538. The van der Waals surface area contributed by atoms with Gasteiger partial charge in [-0.2, -0.15) is 0 Å². The maximum atomic E-state index is 10.0. The molecule has 15 heavy (non-hydrogen) atoms. The highest BCUT2D eigenvalue weighted by Crippen LogP contribution is 2.22. The second-order valence-corrected chi connectivity index (χ2v) is 4.56. The fourth-order valence-electron chi connectivity index (χ4n) is 1.88. The first-order chi connectivity index (χ1) is 7.16. The molecule has 1 fully saturated rings. The lowest BCUT2D eigenvalue weighted by Gasteiger charge is -2.14. The highest BCUT2D eigenvalue weighted by Gasteiger charge is 2.21. The third kappa shape index (κ3) is 2.80. The first-order valence-electron chi connectivity index (χ1n) is 5.65. The highest BCUT2D eigenvalue weighted by atomic mass is 16.3. The molecule has 1 unspecified atom stereocenters. The van der Waals surface area contributed by atoms with E-state index in [1.165, 1.54) is 24.0 Å². The molecule has 2 rings (SSSR count). The zero-order valence-corrected chi connectivity index (χ0v) is 9.46. The predicted octanol–water partition coefficient (Wildman–Crippen LogP) is 2.09. The zero-order chi connectivity index (χ0) is 10.8. The van der Waals surface area contributed by atoms with Crippen molar-refractivity contribution in [1.82, 2.24) is 5.32 Å². The van der Waals surface area contributed by atoms with Gasteiger partial charge in [0.2, 0.25) is 0 Å². The van der Waals surface area contributed by atoms with Gasteiger partial charge >= 0.3 is 0 Å². The van der Waals surface area contributed by atoms with Crippen LogP contribution in [0.15, 0.2) is 18.2 Å². The molecule has 1 aliphatic carbocycles. The molecule has 0 saturated heterocycles. The Morgan fingerprint density at radius 1 is 1.40 bits per heavy atom. The van der Waals surface area contributed by atoms with E-state index in [0.717, 1.165) is 5.56 Å². The van der Waals surface area contributed by atoms with Crippen molar-refractivity contribution < 1.29 is 5.11 Å². The summed E-state index contributed by atoms with van der Waals surface area (Å²) in [5, 5.41) is 13.4. The topological polar surface area (TPSA) is 32.3 Å². The summed E-state index contributed by atoms with van der Waals surface area (Å²) in [6.45, 7) is 4.81. The summed E-state index contributed by atoms with van der Waals surface area (Å²) >= 11 is 0. The number of aliphatic hydroxyl groups excluding tert-OH is 1. The van der Waals surface area contributed by atoms with Crippen molar-refractivity contribution in [2.75, 3.05) is 6.54 Å². The first-order valence-corrected chi connectivity index (χ1v) is 5.65. The highest BCUT2D eigenvalue weighted by molar-refractivity contribution is 5.32. The Hall–Kier alpha value is -0.860. The van der Waals surface area contributed by atoms with Gasteiger partial charge in [0.15, 0.2) is 0 Å². The van der Waals surface area contributed by atoms with E-state index in [-0.39, 0.29) is 6.10 Å². The summed E-state index contributed by atoms with van der Waals surface area (Å²) in [5.41, 5.74) is 3.48. The summed E-state index contributed by atoms with van der Waals surface area (Å²) in [6, 6.07) is 6.87. The molecule has 1 aromatic rings. The van der Waals surface area contributed by atoms with Crippen molar-refractivity contribution in [3.8, 4) is 0 Å². The van der Waals surface area contributed by atoms with E-state index in [2.05, 4.69) is 31.3 Å². The molecular weight excluding hydrogens is 186 g/mol. The Morgan fingerprint density at radius 3 is 2.73 bits per heavy atom. The van der Waals surface area contributed by atoms with E-state index in [1.807, 2.05) is 6.07 Å². The summed E-state index contributed by atoms with van der Waals surface area (Å²) in [5.74, 6) is 0. The summed E-state index contributed by atoms with van der Waals surface area (Å²) in [6.07, 6.45) is 2.16. The standard InChI is InChI=1S/C13H19NO/c1-9-3-6-12(10(2)7-9)13(15)8-14-11-4-5-11/h3,6-7,11,13-15H,4-5,8H2,1-2H3. The normalized spacial score (nSPS) is 17.8. The van der Waals surface area contributed by atoms with Gasteiger partial charge in [0.25, 0.3) is 0 Å². The van der Waals surface area contributed by atoms with Gasteiger partial charge in [-0.3, -0.25) is 0 Å². The fourth-order valence-corrected chi connectivity index (χ4v) is 1.88. The largest absolute Gasteiger partial charge is 0.387 e. The van der Waals surface area contributed by atoms with E-state index in [0.29, 0.717) is 12.6 Å². The molecule has 1 aromatic carbocycles. The molecule has 1 aliphatic rings. The number of benzene rings is 1. The SMILES string of the molecule is Cc1ccc(C(O)CNC2CC2)c(C)c1. The smallest absolute Gasteiger partial charge is 0.0917 e. The van der Waals surface area contributed by atoms with Gasteiger partial charge in [0, 0.05) is 12.6 Å². The van der Waals surface area contributed by atoms with Crippen molar-refractivity contribution in [2.24, 2.45) is 0 Å². The quantitative estimate of drug-likeness (QED) is 0.789. The van der Waals surface area contributed by atoms with Crippen LogP contribution in [0, 0.1) is 13.8 Å². The van der Waals surface area contributed by atoms with Crippen LogP contribution in [0.5, 0.6) is 0 Å². The molecule has 1 saturated carbocycles. The van der Waals surface area contributed by atoms with Gasteiger partial charge in [-0.1, -0.05) is 23.8 Å². The number of nitrogens with one attached hydrogen (secondary N) is 1. The Bertz CT molecular complexity index is 344. The third-order valence-corrected chi connectivity index (χ3v) is 2.96. The lowest BCUT2D eigenvalue weighted by molar-refractivity contribution is 0.173. The Morgan fingerprint density at radius 2 is 2.13 bits per heavy atom. The molecule has 1 atom stereocenters. The molecule has 2 N–H and O–H groups in total. The molecule has 2 nitrogen and oxygen atoms in total. The van der Waals surface area contributed by atoms with Crippen LogP contribution >= 0.6 is 0 Å². The number of hydrogen-bond donors (Lipinski definition) is 2. The van der Waals surface area contributed by atoms with E-state index in [1.54, 1.807) is 0 Å². The molecule has 0 bridgehead atoms. The average Bonchev–Trinajstić information content (AvgIpc) is 2.97. The molecule has 82 valence electrons. The molecule has 0 radical (unpaired) electrons. The predicted molar refractivity (Wildman–Crippen MR) is 61.9 cm³/mol. The van der Waals surface area contributed by atoms with E-state index >= 15 is 0 Å². The molecule has 0 aliphatic heterocycles. The van der Waals surface area contributed by atoms with Crippen LogP contribution in [-0.4, -0.2) is 17.7 Å². The van der Waals surface area contributed by atoms with Crippen LogP contribution in [0.1, 0.15) is 35.6 Å². The van der Waals surface area contributed by atoms with Crippen LogP contribution in [0.25, 0.3) is 0 Å². The van der Waals surface area contributed by atoms with E-state index < -0.39 is 0 Å². The molecule has 0 aromatic heterocycles. The van der Waals surface area contributed by atoms with Gasteiger partial charge in [0.1, 0.15) is 0 Å². The van der Waals surface area contributed by atoms with Gasteiger partial charge in [0.05, 0.1) is 6.10 Å². The van der Waals surface area contributed by atoms with Crippen molar-refractivity contribution >= 4 is 0 Å². The number of rotatable bonds is 4. The summed E-state index contributed by atoms with van der Waals surface area (Å²) in [7, 11) is 0. The Balaban J connectivity index is 1.99. The van der Waals surface area contributed by atoms with Gasteiger partial charge in [-0.15, -0.1) is 0 Å². The molecular formula is C13H19NO. The zero-order valence-electron chi connectivity index (χ0n) is 9.46. The van der Waals surface area contributed by atoms with Gasteiger partial charge in [-0.25, -0.2) is 0 Å². The van der Waals surface area contributed by atoms with Crippen molar-refractivity contribution in [3.05, 3.63) is 34.9 Å². The summed E-state index contributed by atoms with van der Waals surface area (Å²) in [4.78, 5) is 0. The van der Waals surface area contributed by atoms with Crippen molar-refractivity contribution in [1.29, 1.82) is 0 Å². The van der Waals surface area contributed by atoms with E-state index in [4.69, 9.17) is 0 Å². The third-order valence-electron chi connectivity index (χ3n) is 2.96. The number of aliphatic hydroxyl groups is 1. The molecule has 2 heteroatoms. The maximum absolute atomic E-state index is 10.0. The minimum atomic E-state index is -0.369. The van der Waals surface area contributed by atoms with Crippen molar-refractivity contribution in [2.45, 2.75) is 38.8 Å². The number of hydrogen-bond acceptors (Lipinski definition) is 2. The first kappa shape index (κ1) is 10.7. The monoisotopic (exact) mass is 205 g/mol. The molecule has 0 amide bonds. The van der Waals surface area contributed by atoms with Crippen LogP contribution in [-0.2, 0) is 0 Å². The lowest BCUT2D eigenvalue weighted by atomic mass is 10.0. The average molecular weight is 205 g/mol. The van der Waals surface area contributed by atoms with Crippen molar-refractivity contribution in [3.63, 3.8) is 0 Å². The van der Waals surface area contributed by atoms with Crippen LogP contribution in [0.2, 0.25) is 0 Å². The summed E-state index contributed by atoms with van der Waals surface area (Å²) < 4.78 is 0. The number of aryl methyl sites for hydroxylation is 2. The Labute approximate surface area is 91.3 Å². The second kappa shape index (κ2) is 4.33. The second-order valence-electron chi connectivity index (χ2n) is 4.56. The van der Waals surface area contributed by atoms with E-state index in [9.17, 15) is 5.11 Å². The van der Waals surface area contributed by atoms with Gasteiger partial charge < -0.3 is 10.4 Å². The Kier molecular flexibility index (Phi) is 3.08. The molecule has 0 spiro atoms. The minimum Gasteiger partial charge on any atom is -0.387 e. The van der Waals surface area contributed by atoms with Crippen LogP contribution in [0.4, 0.5) is 0 Å². The minimum absolute atomic E-state index is 0.369. The lowest BCUT2D eigenvalue weighted by Crippen LogP contribution is -2.23.